The smallest absolute Gasteiger partial charge is 0.417 e. The van der Waals surface area contributed by atoms with Gasteiger partial charge in [0.1, 0.15) is 11.3 Å². The van der Waals surface area contributed by atoms with Crippen LogP contribution >= 0.6 is 0 Å². The zero-order valence-electron chi connectivity index (χ0n) is 18.1. The highest BCUT2D eigenvalue weighted by atomic mass is 19.4. The molecule has 33 heavy (non-hydrogen) atoms. The number of nitrogens with one attached hydrogen (secondary N) is 1. The van der Waals surface area contributed by atoms with E-state index in [9.17, 15) is 32.7 Å². The Bertz CT molecular complexity index is 1040. The standard InChI is InChI=1S/C23H24F3N3O4/c1-22(2,27-19(31)15-7-9-16(30)10-8-15)21(33)29-13-11-28(12-14-29)20(32)17-5-3-4-6-18(17)23(24,25)26/h3-10,30H,11-14H2,1-2H3,(H,27,31). The van der Waals surface area contributed by atoms with Crippen LogP contribution in [0.25, 0.3) is 0 Å². The average Bonchev–Trinajstić information content (AvgIpc) is 2.77. The summed E-state index contributed by atoms with van der Waals surface area (Å²) in [6.45, 7) is 3.47. The molecule has 1 fully saturated rings. The Morgan fingerprint density at radius 3 is 2.00 bits per heavy atom. The molecule has 1 heterocycles. The van der Waals surface area contributed by atoms with E-state index >= 15 is 0 Å². The van der Waals surface area contributed by atoms with Crippen molar-refractivity contribution in [1.29, 1.82) is 0 Å². The quantitative estimate of drug-likeness (QED) is 0.730. The number of nitrogens with zero attached hydrogens (tertiary/aromatic N) is 2. The van der Waals surface area contributed by atoms with E-state index in [1.54, 1.807) is 13.8 Å². The van der Waals surface area contributed by atoms with Crippen molar-refractivity contribution in [1.82, 2.24) is 15.1 Å². The maximum Gasteiger partial charge on any atom is 0.417 e. The van der Waals surface area contributed by atoms with Crippen molar-refractivity contribution < 1.29 is 32.7 Å². The molecule has 0 unspecified atom stereocenters. The molecule has 3 rings (SSSR count). The molecule has 0 saturated carbocycles. The predicted octanol–water partition coefficient (Wildman–Crippen LogP) is 2.90. The first-order valence-electron chi connectivity index (χ1n) is 10.3. The lowest BCUT2D eigenvalue weighted by molar-refractivity contribution is -0.138. The lowest BCUT2D eigenvalue weighted by Crippen LogP contribution is -2.60. The number of piperazine rings is 1. The van der Waals surface area contributed by atoms with E-state index < -0.39 is 34.7 Å². The molecule has 0 radical (unpaired) electrons. The fraction of sp³-hybridized carbons (Fsp3) is 0.348. The SMILES string of the molecule is CC(C)(NC(=O)c1ccc(O)cc1)C(=O)N1CCN(C(=O)c2ccccc2C(F)(F)F)CC1. The lowest BCUT2D eigenvalue weighted by Gasteiger charge is -2.39. The largest absolute Gasteiger partial charge is 0.508 e. The fourth-order valence-electron chi connectivity index (χ4n) is 3.62. The molecule has 0 atom stereocenters. The summed E-state index contributed by atoms with van der Waals surface area (Å²) in [5.74, 6) is -1.61. The van der Waals surface area contributed by atoms with Crippen LogP contribution in [0.3, 0.4) is 0 Å². The molecule has 1 aliphatic rings. The van der Waals surface area contributed by atoms with E-state index in [0.29, 0.717) is 0 Å². The van der Waals surface area contributed by atoms with Crippen LogP contribution in [-0.4, -0.2) is 64.3 Å². The van der Waals surface area contributed by atoms with Gasteiger partial charge in [-0.05, 0) is 50.2 Å². The van der Waals surface area contributed by atoms with E-state index in [4.69, 9.17) is 0 Å². The van der Waals surface area contributed by atoms with Crippen LogP contribution < -0.4 is 5.32 Å². The number of carbonyl (C=O) groups is 3. The van der Waals surface area contributed by atoms with Gasteiger partial charge in [-0.3, -0.25) is 14.4 Å². The van der Waals surface area contributed by atoms with Gasteiger partial charge in [-0.25, -0.2) is 0 Å². The lowest BCUT2D eigenvalue weighted by atomic mass is 10.0. The third-order valence-electron chi connectivity index (χ3n) is 5.41. The Morgan fingerprint density at radius 1 is 0.879 bits per heavy atom. The van der Waals surface area contributed by atoms with Crippen LogP contribution in [0, 0.1) is 0 Å². The Kier molecular flexibility index (Phi) is 6.66. The van der Waals surface area contributed by atoms with Gasteiger partial charge in [-0.15, -0.1) is 0 Å². The summed E-state index contributed by atoms with van der Waals surface area (Å²) in [5.41, 5.74) is -2.41. The first kappa shape index (κ1) is 24.1. The molecule has 1 saturated heterocycles. The minimum absolute atomic E-state index is 0.00663. The number of hydrogen-bond donors (Lipinski definition) is 2. The number of amides is 3. The van der Waals surface area contributed by atoms with E-state index in [1.807, 2.05) is 0 Å². The fourth-order valence-corrected chi connectivity index (χ4v) is 3.62. The normalized spacial score (nSPS) is 14.7. The van der Waals surface area contributed by atoms with Crippen LogP contribution in [0.1, 0.15) is 40.1 Å². The molecular formula is C23H24F3N3O4. The van der Waals surface area contributed by atoms with Gasteiger partial charge < -0.3 is 20.2 Å². The second-order valence-electron chi connectivity index (χ2n) is 8.25. The average molecular weight is 463 g/mol. The third-order valence-corrected chi connectivity index (χ3v) is 5.41. The second kappa shape index (κ2) is 9.13. The Morgan fingerprint density at radius 2 is 1.42 bits per heavy atom. The van der Waals surface area contributed by atoms with E-state index in [-0.39, 0.29) is 43.4 Å². The minimum atomic E-state index is -4.65. The second-order valence-corrected chi connectivity index (χ2v) is 8.25. The zero-order valence-corrected chi connectivity index (χ0v) is 18.1. The van der Waals surface area contributed by atoms with Crippen LogP contribution in [0.4, 0.5) is 13.2 Å². The summed E-state index contributed by atoms with van der Waals surface area (Å²) >= 11 is 0. The highest BCUT2D eigenvalue weighted by Crippen LogP contribution is 2.32. The molecule has 2 aromatic rings. The summed E-state index contributed by atoms with van der Waals surface area (Å²) in [5, 5.41) is 12.0. The van der Waals surface area contributed by atoms with Crippen molar-refractivity contribution in [2.24, 2.45) is 0 Å². The molecule has 1 aliphatic heterocycles. The van der Waals surface area contributed by atoms with Gasteiger partial charge >= 0.3 is 6.18 Å². The molecule has 0 spiro atoms. The topological polar surface area (TPSA) is 89.9 Å². The number of carbonyl (C=O) groups excluding carboxylic acids is 3. The maximum atomic E-state index is 13.3. The van der Waals surface area contributed by atoms with Gasteiger partial charge in [-0.1, -0.05) is 12.1 Å². The maximum absolute atomic E-state index is 13.3. The first-order valence-corrected chi connectivity index (χ1v) is 10.3. The number of benzene rings is 2. The van der Waals surface area contributed by atoms with Gasteiger partial charge in [0.15, 0.2) is 0 Å². The number of hydrogen-bond acceptors (Lipinski definition) is 4. The third kappa shape index (κ3) is 5.44. The monoisotopic (exact) mass is 463 g/mol. The van der Waals surface area contributed by atoms with Crippen molar-refractivity contribution >= 4 is 17.7 Å². The molecule has 2 N–H and O–H groups in total. The number of halogens is 3. The Balaban J connectivity index is 1.63. The molecule has 0 aliphatic carbocycles. The van der Waals surface area contributed by atoms with Gasteiger partial charge in [0.25, 0.3) is 11.8 Å². The highest BCUT2D eigenvalue weighted by Gasteiger charge is 2.38. The van der Waals surface area contributed by atoms with E-state index in [2.05, 4.69) is 5.32 Å². The van der Waals surface area contributed by atoms with Crippen LogP contribution in [-0.2, 0) is 11.0 Å². The summed E-state index contributed by atoms with van der Waals surface area (Å²) in [6.07, 6.45) is -4.65. The molecule has 2 aromatic carbocycles. The number of phenolic OH excluding ortho intramolecular Hbond substituents is 1. The van der Waals surface area contributed by atoms with E-state index in [1.165, 1.54) is 46.2 Å². The van der Waals surface area contributed by atoms with Crippen molar-refractivity contribution in [3.8, 4) is 5.75 Å². The molecule has 0 aromatic heterocycles. The molecule has 10 heteroatoms. The first-order chi connectivity index (χ1) is 15.4. The number of alkyl halides is 3. The van der Waals surface area contributed by atoms with Crippen molar-refractivity contribution in [3.05, 3.63) is 65.2 Å². The van der Waals surface area contributed by atoms with Crippen LogP contribution in [0.15, 0.2) is 48.5 Å². The molecule has 176 valence electrons. The molecular weight excluding hydrogens is 439 g/mol. The molecule has 0 bridgehead atoms. The minimum Gasteiger partial charge on any atom is -0.508 e. The van der Waals surface area contributed by atoms with Gasteiger partial charge in [0.2, 0.25) is 5.91 Å². The van der Waals surface area contributed by atoms with Gasteiger partial charge in [-0.2, -0.15) is 13.2 Å². The molecule has 3 amide bonds. The highest BCUT2D eigenvalue weighted by molar-refractivity contribution is 5.99. The summed E-state index contributed by atoms with van der Waals surface area (Å²) in [7, 11) is 0. The van der Waals surface area contributed by atoms with Crippen molar-refractivity contribution in [2.75, 3.05) is 26.2 Å². The van der Waals surface area contributed by atoms with Gasteiger partial charge in [0.05, 0.1) is 11.1 Å². The van der Waals surface area contributed by atoms with Crippen LogP contribution in [0.5, 0.6) is 5.75 Å². The Labute approximate surface area is 188 Å². The molecule has 7 nitrogen and oxygen atoms in total. The van der Waals surface area contributed by atoms with Crippen molar-refractivity contribution in [3.63, 3.8) is 0 Å². The van der Waals surface area contributed by atoms with Gasteiger partial charge in [0, 0.05) is 31.7 Å². The summed E-state index contributed by atoms with van der Waals surface area (Å²) in [6, 6.07) is 10.2. The Hall–Kier alpha value is -3.56. The summed E-state index contributed by atoms with van der Waals surface area (Å²) in [4.78, 5) is 40.9. The number of aromatic hydroxyl groups is 1. The predicted molar refractivity (Wildman–Crippen MR) is 114 cm³/mol. The van der Waals surface area contributed by atoms with E-state index in [0.717, 1.165) is 12.1 Å². The number of phenols is 1. The number of rotatable bonds is 4. The summed E-state index contributed by atoms with van der Waals surface area (Å²) < 4.78 is 39.8. The zero-order chi connectivity index (χ0) is 24.4. The van der Waals surface area contributed by atoms with Crippen molar-refractivity contribution in [2.45, 2.75) is 25.6 Å². The van der Waals surface area contributed by atoms with Crippen LogP contribution in [0.2, 0.25) is 0 Å².